The number of thioether (sulfide) groups is 1. The van der Waals surface area contributed by atoms with E-state index in [1.54, 1.807) is 18.0 Å². The number of fused-ring (bicyclic) bond motifs is 1. The van der Waals surface area contributed by atoms with E-state index in [1.807, 2.05) is 18.4 Å². The van der Waals surface area contributed by atoms with Gasteiger partial charge >= 0.3 is 0 Å². The van der Waals surface area contributed by atoms with E-state index < -0.39 is 0 Å². The zero-order chi connectivity index (χ0) is 11.8. The standard InChI is InChI=1S/C14H11NOS/c1-17-14-7-11(13-3-2-6-16-13)9-4-5-10(9)12(14)8-15/h2-3,6-7H,4-5H2,1H3. The molecule has 0 N–H and O–H groups in total. The number of rotatable bonds is 2. The van der Waals surface area contributed by atoms with Gasteiger partial charge < -0.3 is 4.42 Å². The van der Waals surface area contributed by atoms with Crippen LogP contribution in [0.2, 0.25) is 0 Å². The van der Waals surface area contributed by atoms with Gasteiger partial charge in [0.05, 0.1) is 11.8 Å². The Morgan fingerprint density at radius 2 is 2.18 bits per heavy atom. The molecule has 0 atom stereocenters. The Labute approximate surface area is 104 Å². The quantitative estimate of drug-likeness (QED) is 0.753. The van der Waals surface area contributed by atoms with Crippen molar-refractivity contribution in [3.8, 4) is 17.4 Å². The summed E-state index contributed by atoms with van der Waals surface area (Å²) in [5.41, 5.74) is 4.51. The predicted molar refractivity (Wildman–Crippen MR) is 68.0 cm³/mol. The summed E-state index contributed by atoms with van der Waals surface area (Å²) in [6.07, 6.45) is 5.76. The second kappa shape index (κ2) is 3.97. The number of nitriles is 1. The molecule has 1 aliphatic carbocycles. The summed E-state index contributed by atoms with van der Waals surface area (Å²) >= 11 is 1.62. The van der Waals surface area contributed by atoms with Gasteiger partial charge in [-0.15, -0.1) is 11.8 Å². The maximum atomic E-state index is 9.22. The van der Waals surface area contributed by atoms with Gasteiger partial charge in [0.2, 0.25) is 0 Å². The van der Waals surface area contributed by atoms with Crippen molar-refractivity contribution in [3.05, 3.63) is 41.2 Å². The first kappa shape index (κ1) is 10.5. The van der Waals surface area contributed by atoms with Crippen LogP contribution in [-0.4, -0.2) is 6.26 Å². The summed E-state index contributed by atoms with van der Waals surface area (Å²) < 4.78 is 5.47. The fourth-order valence-corrected chi connectivity index (χ4v) is 2.93. The van der Waals surface area contributed by atoms with Gasteiger partial charge in [-0.1, -0.05) is 0 Å². The largest absolute Gasteiger partial charge is 0.464 e. The van der Waals surface area contributed by atoms with Crippen LogP contribution in [0.25, 0.3) is 11.3 Å². The molecule has 0 bridgehead atoms. The maximum Gasteiger partial charge on any atom is 0.134 e. The molecule has 0 saturated heterocycles. The van der Waals surface area contributed by atoms with Crippen molar-refractivity contribution < 1.29 is 4.42 Å². The highest BCUT2D eigenvalue weighted by molar-refractivity contribution is 7.98. The summed E-state index contributed by atoms with van der Waals surface area (Å²) in [4.78, 5) is 1.05. The van der Waals surface area contributed by atoms with Gasteiger partial charge in [0.25, 0.3) is 0 Å². The zero-order valence-electron chi connectivity index (χ0n) is 9.49. The van der Waals surface area contributed by atoms with Crippen LogP contribution in [-0.2, 0) is 12.8 Å². The van der Waals surface area contributed by atoms with Gasteiger partial charge in [-0.05, 0) is 48.4 Å². The number of benzene rings is 1. The molecule has 0 amide bonds. The number of hydrogen-bond acceptors (Lipinski definition) is 3. The molecule has 0 saturated carbocycles. The summed E-state index contributed by atoms with van der Waals surface area (Å²) in [6, 6.07) is 8.29. The molecule has 3 heteroatoms. The number of furan rings is 1. The first-order valence-corrected chi connectivity index (χ1v) is 6.74. The Bertz CT molecular complexity index is 608. The topological polar surface area (TPSA) is 36.9 Å². The molecular formula is C14H11NOS. The molecule has 0 fully saturated rings. The van der Waals surface area contributed by atoms with Crippen molar-refractivity contribution >= 4 is 11.8 Å². The molecule has 0 spiro atoms. The predicted octanol–water partition coefficient (Wildman–Crippen LogP) is 3.64. The first-order valence-electron chi connectivity index (χ1n) is 5.52. The fraction of sp³-hybridized carbons (Fsp3) is 0.214. The zero-order valence-corrected chi connectivity index (χ0v) is 10.3. The van der Waals surface area contributed by atoms with Crippen LogP contribution >= 0.6 is 11.8 Å². The molecule has 1 aromatic carbocycles. The fourth-order valence-electron chi connectivity index (χ4n) is 2.32. The SMILES string of the molecule is CSc1cc(-c2ccco2)c2c(c1C#N)CC2. The van der Waals surface area contributed by atoms with E-state index in [0.717, 1.165) is 34.6 Å². The van der Waals surface area contributed by atoms with Crippen molar-refractivity contribution in [2.45, 2.75) is 17.7 Å². The minimum atomic E-state index is 0.856. The molecule has 1 heterocycles. The molecule has 2 nitrogen and oxygen atoms in total. The molecule has 0 radical (unpaired) electrons. The summed E-state index contributed by atoms with van der Waals surface area (Å²) in [6.45, 7) is 0. The second-order valence-electron chi connectivity index (χ2n) is 4.05. The smallest absolute Gasteiger partial charge is 0.134 e. The molecule has 0 unspecified atom stereocenters. The lowest BCUT2D eigenvalue weighted by Gasteiger charge is -2.24. The van der Waals surface area contributed by atoms with Gasteiger partial charge in [-0.25, -0.2) is 0 Å². The van der Waals surface area contributed by atoms with Gasteiger partial charge in [0, 0.05) is 10.5 Å². The molecule has 17 heavy (non-hydrogen) atoms. The van der Waals surface area contributed by atoms with E-state index in [4.69, 9.17) is 4.42 Å². The highest BCUT2D eigenvalue weighted by Crippen LogP contribution is 2.40. The Hall–Kier alpha value is -1.66. The molecule has 84 valence electrons. The molecule has 0 aliphatic heterocycles. The van der Waals surface area contributed by atoms with Crippen LogP contribution in [0.3, 0.4) is 0 Å². The summed E-state index contributed by atoms with van der Waals surface area (Å²) in [5.74, 6) is 0.903. The van der Waals surface area contributed by atoms with Gasteiger partial charge in [0.1, 0.15) is 11.8 Å². The van der Waals surface area contributed by atoms with Crippen LogP contribution in [0.5, 0.6) is 0 Å². The average molecular weight is 241 g/mol. The summed E-state index contributed by atoms with van der Waals surface area (Å²) in [7, 11) is 0. The van der Waals surface area contributed by atoms with Crippen LogP contribution in [0.1, 0.15) is 16.7 Å². The lowest BCUT2D eigenvalue weighted by molar-refractivity contribution is 0.580. The van der Waals surface area contributed by atoms with Crippen molar-refractivity contribution in [3.63, 3.8) is 0 Å². The highest BCUT2D eigenvalue weighted by atomic mass is 32.2. The van der Waals surface area contributed by atoms with E-state index >= 15 is 0 Å². The third-order valence-corrected chi connectivity index (χ3v) is 4.02. The average Bonchev–Trinajstić information content (AvgIpc) is 2.82. The van der Waals surface area contributed by atoms with Gasteiger partial charge in [-0.3, -0.25) is 0 Å². The van der Waals surface area contributed by atoms with Gasteiger partial charge in [-0.2, -0.15) is 5.26 Å². The normalized spacial score (nSPS) is 12.7. The Balaban J connectivity index is 2.26. The lowest BCUT2D eigenvalue weighted by atomic mass is 9.81. The maximum absolute atomic E-state index is 9.22. The van der Waals surface area contributed by atoms with Crippen LogP contribution in [0.4, 0.5) is 0 Å². The van der Waals surface area contributed by atoms with E-state index in [0.29, 0.717) is 0 Å². The van der Waals surface area contributed by atoms with Crippen LogP contribution < -0.4 is 0 Å². The molecular weight excluding hydrogens is 230 g/mol. The van der Waals surface area contributed by atoms with Crippen molar-refractivity contribution in [1.29, 1.82) is 5.26 Å². The van der Waals surface area contributed by atoms with Crippen molar-refractivity contribution in [2.24, 2.45) is 0 Å². The Morgan fingerprint density at radius 1 is 1.35 bits per heavy atom. The third kappa shape index (κ3) is 1.49. The molecule has 1 aliphatic rings. The van der Waals surface area contributed by atoms with Crippen molar-refractivity contribution in [2.75, 3.05) is 6.26 Å². The van der Waals surface area contributed by atoms with Gasteiger partial charge in [0.15, 0.2) is 0 Å². The van der Waals surface area contributed by atoms with E-state index in [9.17, 15) is 5.26 Å². The summed E-state index contributed by atoms with van der Waals surface area (Å²) in [5, 5.41) is 9.22. The van der Waals surface area contributed by atoms with E-state index in [1.165, 1.54) is 11.1 Å². The van der Waals surface area contributed by atoms with Crippen molar-refractivity contribution in [1.82, 2.24) is 0 Å². The second-order valence-corrected chi connectivity index (χ2v) is 4.90. The monoisotopic (exact) mass is 241 g/mol. The van der Waals surface area contributed by atoms with Crippen LogP contribution in [0.15, 0.2) is 33.8 Å². The highest BCUT2D eigenvalue weighted by Gasteiger charge is 2.25. The lowest BCUT2D eigenvalue weighted by Crippen LogP contribution is -2.13. The van der Waals surface area contributed by atoms with E-state index in [-0.39, 0.29) is 0 Å². The minimum Gasteiger partial charge on any atom is -0.464 e. The molecule has 2 aromatic rings. The Kier molecular flexibility index (Phi) is 2.45. The number of hydrogen-bond donors (Lipinski definition) is 0. The first-order chi connectivity index (χ1) is 8.35. The Morgan fingerprint density at radius 3 is 2.71 bits per heavy atom. The van der Waals surface area contributed by atoms with Crippen LogP contribution in [0, 0.1) is 11.3 Å². The number of nitrogens with zero attached hydrogens (tertiary/aromatic N) is 1. The van der Waals surface area contributed by atoms with E-state index in [2.05, 4.69) is 12.1 Å². The molecule has 1 aromatic heterocycles. The minimum absolute atomic E-state index is 0.856. The molecule has 3 rings (SSSR count). The third-order valence-electron chi connectivity index (χ3n) is 3.26.